The van der Waals surface area contributed by atoms with Crippen molar-refractivity contribution in [2.45, 2.75) is 38.8 Å². The van der Waals surface area contributed by atoms with Crippen LogP contribution in [0.25, 0.3) is 0 Å². The van der Waals surface area contributed by atoms with E-state index in [-0.39, 0.29) is 12.3 Å². The maximum Gasteiger partial charge on any atom is 0.237 e. The molecule has 108 valence electrons. The second kappa shape index (κ2) is 7.03. The Labute approximate surface area is 108 Å². The van der Waals surface area contributed by atoms with E-state index in [2.05, 4.69) is 10.0 Å². The Hall–Kier alpha value is -0.700. The number of sulfonamides is 1. The quantitative estimate of drug-likeness (QED) is 0.435. The molecule has 8 heteroatoms. The molecule has 2 atom stereocenters. The van der Waals surface area contributed by atoms with Crippen LogP contribution >= 0.6 is 0 Å². The molecule has 2 unspecified atom stereocenters. The van der Waals surface area contributed by atoms with Crippen LogP contribution in [0.5, 0.6) is 0 Å². The molecule has 0 rings (SSSR count). The molecule has 4 N–H and O–H groups in total. The normalized spacial score (nSPS) is 16.9. The van der Waals surface area contributed by atoms with Crippen molar-refractivity contribution in [2.24, 2.45) is 0 Å². The van der Waals surface area contributed by atoms with Crippen molar-refractivity contribution in [3.8, 4) is 0 Å². The first-order valence-corrected chi connectivity index (χ1v) is 7.39. The molecule has 0 radical (unpaired) electrons. The van der Waals surface area contributed by atoms with E-state index in [1.807, 2.05) is 0 Å². The Morgan fingerprint density at radius 1 is 1.44 bits per heavy atom. The highest BCUT2D eigenvalue weighted by Gasteiger charge is 2.23. The molecular formula is C10H22N2O5S. The standard InChI is InChI=1S/C10H22N2O5S/c1-4-5-18(16,17)12-8(2)9(14)11-6-10(3,15)7-13/h8,12-13,15H,4-7H2,1-3H3,(H,11,14). The minimum Gasteiger partial charge on any atom is -0.393 e. The molecule has 0 bridgehead atoms. The maximum absolute atomic E-state index is 11.6. The largest absolute Gasteiger partial charge is 0.393 e. The summed E-state index contributed by atoms with van der Waals surface area (Å²) in [4.78, 5) is 11.6. The van der Waals surface area contributed by atoms with Crippen LogP contribution < -0.4 is 10.0 Å². The molecule has 0 heterocycles. The molecule has 0 spiro atoms. The monoisotopic (exact) mass is 282 g/mol. The van der Waals surface area contributed by atoms with E-state index in [1.54, 1.807) is 6.92 Å². The van der Waals surface area contributed by atoms with E-state index in [0.717, 1.165) is 0 Å². The highest BCUT2D eigenvalue weighted by molar-refractivity contribution is 7.89. The second-order valence-electron chi connectivity index (χ2n) is 4.53. The predicted molar refractivity (Wildman–Crippen MR) is 67.4 cm³/mol. The Morgan fingerprint density at radius 2 is 2.00 bits per heavy atom. The molecule has 0 aromatic heterocycles. The first kappa shape index (κ1) is 17.3. The number of amides is 1. The third-order valence-electron chi connectivity index (χ3n) is 2.21. The van der Waals surface area contributed by atoms with Crippen LogP contribution in [0.15, 0.2) is 0 Å². The summed E-state index contributed by atoms with van der Waals surface area (Å²) in [6.07, 6.45) is 0.461. The zero-order valence-electron chi connectivity index (χ0n) is 10.9. The van der Waals surface area contributed by atoms with Gasteiger partial charge in [0.25, 0.3) is 0 Å². The smallest absolute Gasteiger partial charge is 0.237 e. The van der Waals surface area contributed by atoms with Crippen LogP contribution in [0, 0.1) is 0 Å². The summed E-state index contributed by atoms with van der Waals surface area (Å²) in [5.74, 6) is -0.595. The van der Waals surface area contributed by atoms with Gasteiger partial charge in [-0.3, -0.25) is 4.79 Å². The Balaban J connectivity index is 4.28. The van der Waals surface area contributed by atoms with E-state index in [0.29, 0.717) is 6.42 Å². The van der Waals surface area contributed by atoms with Gasteiger partial charge in [-0.1, -0.05) is 6.92 Å². The summed E-state index contributed by atoms with van der Waals surface area (Å²) in [6, 6.07) is -0.920. The van der Waals surface area contributed by atoms with Crippen molar-refractivity contribution in [2.75, 3.05) is 18.9 Å². The van der Waals surface area contributed by atoms with Crippen molar-refractivity contribution in [3.05, 3.63) is 0 Å². The third-order valence-corrected chi connectivity index (χ3v) is 3.86. The lowest BCUT2D eigenvalue weighted by Gasteiger charge is -2.22. The minimum atomic E-state index is -3.46. The van der Waals surface area contributed by atoms with Crippen molar-refractivity contribution in [3.63, 3.8) is 0 Å². The van der Waals surface area contributed by atoms with Gasteiger partial charge in [-0.15, -0.1) is 0 Å². The van der Waals surface area contributed by atoms with Gasteiger partial charge in [0.05, 0.1) is 18.4 Å². The average Bonchev–Trinajstić information content (AvgIpc) is 2.25. The van der Waals surface area contributed by atoms with Crippen LogP contribution in [-0.4, -0.2) is 55.1 Å². The molecule has 0 aliphatic rings. The number of aliphatic hydroxyl groups is 2. The number of nitrogens with one attached hydrogen (secondary N) is 2. The molecule has 0 saturated carbocycles. The lowest BCUT2D eigenvalue weighted by Crippen LogP contribution is -2.50. The fourth-order valence-electron chi connectivity index (χ4n) is 1.14. The predicted octanol–water partition coefficient (Wildman–Crippen LogP) is -1.44. The minimum absolute atomic E-state index is 0.0427. The van der Waals surface area contributed by atoms with Gasteiger partial charge in [-0.2, -0.15) is 0 Å². The summed E-state index contributed by atoms with van der Waals surface area (Å²) in [6.45, 7) is 3.85. The third kappa shape index (κ3) is 6.90. The first-order chi connectivity index (χ1) is 8.13. The molecule has 0 fully saturated rings. The Bertz CT molecular complexity index is 366. The molecular weight excluding hydrogens is 260 g/mol. The van der Waals surface area contributed by atoms with Crippen molar-refractivity contribution in [1.82, 2.24) is 10.0 Å². The van der Waals surface area contributed by atoms with Crippen LogP contribution in [0.3, 0.4) is 0 Å². The zero-order valence-corrected chi connectivity index (χ0v) is 11.7. The topological polar surface area (TPSA) is 116 Å². The lowest BCUT2D eigenvalue weighted by molar-refractivity contribution is -0.123. The molecule has 0 aromatic rings. The van der Waals surface area contributed by atoms with Gasteiger partial charge >= 0.3 is 0 Å². The molecule has 0 aromatic carbocycles. The summed E-state index contributed by atoms with van der Waals surface area (Å²) >= 11 is 0. The van der Waals surface area contributed by atoms with Gasteiger partial charge in [0.1, 0.15) is 5.60 Å². The zero-order chi connectivity index (χ0) is 14.4. The number of carbonyl (C=O) groups is 1. The summed E-state index contributed by atoms with van der Waals surface area (Å²) in [5.41, 5.74) is -1.42. The van der Waals surface area contributed by atoms with Crippen LogP contribution in [0.1, 0.15) is 27.2 Å². The Kier molecular flexibility index (Phi) is 6.76. The highest BCUT2D eigenvalue weighted by atomic mass is 32.2. The van der Waals surface area contributed by atoms with Crippen LogP contribution in [0.4, 0.5) is 0 Å². The van der Waals surface area contributed by atoms with Gasteiger partial charge in [-0.25, -0.2) is 13.1 Å². The Morgan fingerprint density at radius 3 is 2.44 bits per heavy atom. The molecule has 7 nitrogen and oxygen atoms in total. The number of hydrogen-bond acceptors (Lipinski definition) is 5. The van der Waals surface area contributed by atoms with E-state index < -0.39 is 34.2 Å². The van der Waals surface area contributed by atoms with Crippen molar-refractivity contribution >= 4 is 15.9 Å². The van der Waals surface area contributed by atoms with E-state index >= 15 is 0 Å². The molecule has 0 aliphatic carbocycles. The van der Waals surface area contributed by atoms with Gasteiger partial charge in [0, 0.05) is 6.54 Å². The number of hydrogen-bond donors (Lipinski definition) is 4. The molecule has 18 heavy (non-hydrogen) atoms. The van der Waals surface area contributed by atoms with Gasteiger partial charge < -0.3 is 15.5 Å². The number of aliphatic hydroxyl groups excluding tert-OH is 1. The summed E-state index contributed by atoms with van der Waals surface area (Å²) in [7, 11) is -3.46. The summed E-state index contributed by atoms with van der Waals surface area (Å²) < 4.78 is 25.1. The van der Waals surface area contributed by atoms with Crippen LogP contribution in [-0.2, 0) is 14.8 Å². The lowest BCUT2D eigenvalue weighted by atomic mass is 10.1. The van der Waals surface area contributed by atoms with Gasteiger partial charge in [0.15, 0.2) is 0 Å². The maximum atomic E-state index is 11.6. The van der Waals surface area contributed by atoms with Crippen LogP contribution in [0.2, 0.25) is 0 Å². The second-order valence-corrected chi connectivity index (χ2v) is 6.40. The number of carbonyl (C=O) groups excluding carboxylic acids is 1. The number of rotatable bonds is 8. The fraction of sp³-hybridized carbons (Fsp3) is 0.900. The van der Waals surface area contributed by atoms with E-state index in [9.17, 15) is 18.3 Å². The fourth-order valence-corrected chi connectivity index (χ4v) is 2.44. The molecule has 0 aliphatic heterocycles. The first-order valence-electron chi connectivity index (χ1n) is 5.74. The van der Waals surface area contributed by atoms with Gasteiger partial charge in [-0.05, 0) is 20.3 Å². The SMILES string of the molecule is CCCS(=O)(=O)NC(C)C(=O)NCC(C)(O)CO. The van der Waals surface area contributed by atoms with Gasteiger partial charge in [0.2, 0.25) is 15.9 Å². The summed E-state index contributed by atoms with van der Waals surface area (Å²) in [5, 5.41) is 20.6. The van der Waals surface area contributed by atoms with Crippen molar-refractivity contribution in [1.29, 1.82) is 0 Å². The van der Waals surface area contributed by atoms with E-state index in [1.165, 1.54) is 13.8 Å². The van der Waals surface area contributed by atoms with Crippen molar-refractivity contribution < 1.29 is 23.4 Å². The highest BCUT2D eigenvalue weighted by Crippen LogP contribution is 1.99. The molecule has 1 amide bonds. The van der Waals surface area contributed by atoms with E-state index in [4.69, 9.17) is 5.11 Å². The molecule has 0 saturated heterocycles. The average molecular weight is 282 g/mol.